The zero-order chi connectivity index (χ0) is 13.5. The van der Waals surface area contributed by atoms with Crippen molar-refractivity contribution in [3.05, 3.63) is 28.0 Å². The number of halogens is 1. The van der Waals surface area contributed by atoms with Gasteiger partial charge in [0.2, 0.25) is 10.0 Å². The normalized spacial score (nSPS) is 11.7. The second kappa shape index (κ2) is 4.47. The average molecular weight is 305 g/mol. The van der Waals surface area contributed by atoms with Gasteiger partial charge in [0.05, 0.1) is 5.02 Å². The van der Waals surface area contributed by atoms with E-state index in [2.05, 4.69) is 5.10 Å². The molecule has 0 aliphatic carbocycles. The van der Waals surface area contributed by atoms with Gasteiger partial charge in [0.25, 0.3) is 0 Å². The summed E-state index contributed by atoms with van der Waals surface area (Å²) in [6.07, 6.45) is 0. The quantitative estimate of drug-likeness (QED) is 0.862. The maximum absolute atomic E-state index is 11.3. The number of rotatable bonds is 2. The predicted octanol–water partition coefficient (Wildman–Crippen LogP) is 0.929. The van der Waals surface area contributed by atoms with Crippen LogP contribution in [0.15, 0.2) is 23.1 Å². The predicted molar refractivity (Wildman–Crippen MR) is 68.8 cm³/mol. The summed E-state index contributed by atoms with van der Waals surface area (Å²) in [4.78, 5) is 0.114. The summed E-state index contributed by atoms with van der Waals surface area (Å²) in [7, 11) is -2.24. The minimum Gasteiger partial charge on any atom is -0.274 e. The third kappa shape index (κ3) is 2.46. The molecule has 3 N–H and O–H groups in total. The van der Waals surface area contributed by atoms with Gasteiger partial charge < -0.3 is 0 Å². The van der Waals surface area contributed by atoms with Crippen molar-refractivity contribution in [2.24, 2.45) is 12.2 Å². The van der Waals surface area contributed by atoms with Crippen molar-refractivity contribution in [3.63, 3.8) is 0 Å². The van der Waals surface area contributed by atoms with Gasteiger partial charge in [-0.15, -0.1) is 0 Å². The van der Waals surface area contributed by atoms with E-state index in [-0.39, 0.29) is 14.7 Å². The fourth-order valence-electron chi connectivity index (χ4n) is 1.33. The fourth-order valence-corrected chi connectivity index (χ4v) is 3.17. The molecule has 0 unspecified atom stereocenters. The van der Waals surface area contributed by atoms with E-state index in [1.54, 1.807) is 13.1 Å². The van der Waals surface area contributed by atoms with Gasteiger partial charge in [-0.05, 0) is 12.1 Å². The Balaban J connectivity index is 2.64. The smallest absolute Gasteiger partial charge is 0.239 e. The molecular formula is C9H9ClN4O2S2. The molecule has 0 aliphatic rings. The molecular weight excluding hydrogens is 296 g/mol. The highest BCUT2D eigenvalue weighted by Gasteiger charge is 2.15. The zero-order valence-corrected chi connectivity index (χ0v) is 11.6. The molecule has 0 aliphatic heterocycles. The number of nitrogens with two attached hydrogens (primary N) is 1. The van der Waals surface area contributed by atoms with Crippen LogP contribution < -0.4 is 9.94 Å². The lowest BCUT2D eigenvalue weighted by atomic mass is 10.2. The number of hydrogen-bond acceptors (Lipinski definition) is 5. The first kappa shape index (κ1) is 13.2. The first-order valence-electron chi connectivity index (χ1n) is 4.70. The Kier molecular flexibility index (Phi) is 3.28. The summed E-state index contributed by atoms with van der Waals surface area (Å²) in [5.74, 6) is 0. The number of nitrogens with zero attached hydrogens (tertiary/aromatic N) is 2. The average Bonchev–Trinajstić information content (AvgIpc) is 2.58. The lowest BCUT2D eigenvalue weighted by Crippen LogP contribution is -2.12. The molecule has 0 saturated heterocycles. The molecule has 0 radical (unpaired) electrons. The molecule has 6 nitrogen and oxygen atoms in total. The highest BCUT2D eigenvalue weighted by molar-refractivity contribution is 7.89. The number of nitrogens with one attached hydrogen (secondary N) is 1. The van der Waals surface area contributed by atoms with Gasteiger partial charge in [0, 0.05) is 12.6 Å². The minimum atomic E-state index is -3.88. The number of hydrogen-bond donors (Lipinski definition) is 2. The highest BCUT2D eigenvalue weighted by Crippen LogP contribution is 2.27. The summed E-state index contributed by atoms with van der Waals surface area (Å²) >= 11 is 6.92. The van der Waals surface area contributed by atoms with Gasteiger partial charge in [0.15, 0.2) is 4.80 Å². The SMILES string of the molecule is Cn1nc(-c2ccc(Cl)c(S(N)(=O)=O)c2)sc1=N. The molecule has 2 rings (SSSR count). The molecule has 0 spiro atoms. The van der Waals surface area contributed by atoms with E-state index >= 15 is 0 Å². The van der Waals surface area contributed by atoms with Crippen molar-refractivity contribution in [1.82, 2.24) is 9.78 Å². The van der Waals surface area contributed by atoms with Crippen molar-refractivity contribution in [2.75, 3.05) is 0 Å². The monoisotopic (exact) mass is 304 g/mol. The van der Waals surface area contributed by atoms with Gasteiger partial charge >= 0.3 is 0 Å². The Labute approximate surface area is 112 Å². The van der Waals surface area contributed by atoms with Crippen LogP contribution in [-0.4, -0.2) is 18.2 Å². The van der Waals surface area contributed by atoms with E-state index in [0.29, 0.717) is 10.6 Å². The Morgan fingerprint density at radius 1 is 1.50 bits per heavy atom. The van der Waals surface area contributed by atoms with E-state index in [0.717, 1.165) is 11.3 Å². The first-order valence-corrected chi connectivity index (χ1v) is 7.44. The largest absolute Gasteiger partial charge is 0.274 e. The zero-order valence-electron chi connectivity index (χ0n) is 9.21. The molecule has 0 fully saturated rings. The van der Waals surface area contributed by atoms with Crippen LogP contribution >= 0.6 is 22.9 Å². The Bertz CT molecular complexity index is 763. The molecule has 0 saturated carbocycles. The molecule has 0 bridgehead atoms. The standard InChI is InChI=1S/C9H9ClN4O2S2/c1-14-9(11)17-8(13-14)5-2-3-6(10)7(4-5)18(12,15)16/h2-4,11H,1H3,(H2,12,15,16). The molecule has 0 atom stereocenters. The topological polar surface area (TPSA) is 102 Å². The van der Waals surface area contributed by atoms with Crippen molar-refractivity contribution in [2.45, 2.75) is 4.90 Å². The molecule has 2 aromatic rings. The van der Waals surface area contributed by atoms with Gasteiger partial charge in [0.1, 0.15) is 9.90 Å². The lowest BCUT2D eigenvalue weighted by molar-refractivity contribution is 0.598. The number of primary sulfonamides is 1. The first-order chi connectivity index (χ1) is 8.29. The van der Waals surface area contributed by atoms with Gasteiger partial charge in [-0.2, -0.15) is 5.10 Å². The second-order valence-corrected chi connectivity index (χ2v) is 6.44. The number of aromatic nitrogens is 2. The number of aryl methyl sites for hydroxylation is 1. The van der Waals surface area contributed by atoms with Crippen LogP contribution in [0.5, 0.6) is 0 Å². The van der Waals surface area contributed by atoms with Crippen molar-refractivity contribution in [3.8, 4) is 10.6 Å². The highest BCUT2D eigenvalue weighted by atomic mass is 35.5. The minimum absolute atomic E-state index is 0.0632. The van der Waals surface area contributed by atoms with Crippen LogP contribution in [0.4, 0.5) is 0 Å². The maximum atomic E-state index is 11.3. The van der Waals surface area contributed by atoms with Crippen LogP contribution in [0, 0.1) is 5.41 Å². The van der Waals surface area contributed by atoms with Gasteiger partial charge in [-0.3, -0.25) is 5.41 Å². The summed E-state index contributed by atoms with van der Waals surface area (Å²) in [5.41, 5.74) is 0.558. The van der Waals surface area contributed by atoms with Gasteiger partial charge in [-0.25, -0.2) is 18.2 Å². The fraction of sp³-hybridized carbons (Fsp3) is 0.111. The summed E-state index contributed by atoms with van der Waals surface area (Å²) in [6, 6.07) is 4.44. The number of benzene rings is 1. The molecule has 9 heteroatoms. The second-order valence-electron chi connectivity index (χ2n) is 3.53. The third-order valence-corrected chi connectivity index (χ3v) is 4.57. The Morgan fingerprint density at radius 2 is 2.17 bits per heavy atom. The molecule has 1 aromatic carbocycles. The summed E-state index contributed by atoms with van der Waals surface area (Å²) < 4.78 is 24.1. The summed E-state index contributed by atoms with van der Waals surface area (Å²) in [6.45, 7) is 0. The van der Waals surface area contributed by atoms with E-state index in [1.807, 2.05) is 0 Å². The molecule has 96 valence electrons. The van der Waals surface area contributed by atoms with E-state index in [9.17, 15) is 8.42 Å². The van der Waals surface area contributed by atoms with Crippen molar-refractivity contribution in [1.29, 1.82) is 5.41 Å². The van der Waals surface area contributed by atoms with Crippen LogP contribution in [-0.2, 0) is 17.1 Å². The lowest BCUT2D eigenvalue weighted by Gasteiger charge is -2.03. The van der Waals surface area contributed by atoms with E-state index < -0.39 is 10.0 Å². The molecule has 1 heterocycles. The van der Waals surface area contributed by atoms with Crippen LogP contribution in [0.2, 0.25) is 5.02 Å². The van der Waals surface area contributed by atoms with Gasteiger partial charge in [-0.1, -0.05) is 29.0 Å². The van der Waals surface area contributed by atoms with Crippen molar-refractivity contribution < 1.29 is 8.42 Å². The Hall–Kier alpha value is -1.22. The molecule has 1 aromatic heterocycles. The molecule has 0 amide bonds. The van der Waals surface area contributed by atoms with Crippen LogP contribution in [0.25, 0.3) is 10.6 Å². The van der Waals surface area contributed by atoms with Crippen LogP contribution in [0.1, 0.15) is 0 Å². The Morgan fingerprint density at radius 3 is 2.67 bits per heavy atom. The van der Waals surface area contributed by atoms with E-state index in [4.69, 9.17) is 22.1 Å². The maximum Gasteiger partial charge on any atom is 0.239 e. The van der Waals surface area contributed by atoms with Crippen LogP contribution in [0.3, 0.4) is 0 Å². The summed E-state index contributed by atoms with van der Waals surface area (Å²) in [5, 5.41) is 17.3. The van der Waals surface area contributed by atoms with Crippen molar-refractivity contribution >= 4 is 33.0 Å². The van der Waals surface area contributed by atoms with E-state index in [1.165, 1.54) is 16.8 Å². The third-order valence-electron chi connectivity index (χ3n) is 2.21. The number of sulfonamides is 1. The molecule has 18 heavy (non-hydrogen) atoms.